The molecule has 1 atom stereocenters. The Hall–Kier alpha value is -0.240. The SMILES string of the molecule is CC(Cl)CN(C)C(=O)C1(C)CCCCC1. The molecule has 1 aliphatic carbocycles. The molecule has 1 aliphatic rings. The molecule has 0 bridgehead atoms. The van der Waals surface area contributed by atoms with Gasteiger partial charge in [-0.2, -0.15) is 0 Å². The fourth-order valence-corrected chi connectivity index (χ4v) is 2.67. The summed E-state index contributed by atoms with van der Waals surface area (Å²) >= 11 is 5.91. The number of halogens is 1. The first kappa shape index (κ1) is 12.8. The molecule has 3 heteroatoms. The van der Waals surface area contributed by atoms with Gasteiger partial charge in [0.15, 0.2) is 0 Å². The van der Waals surface area contributed by atoms with E-state index in [0.717, 1.165) is 12.8 Å². The summed E-state index contributed by atoms with van der Waals surface area (Å²) in [6, 6.07) is 0. The monoisotopic (exact) mass is 231 g/mol. The zero-order valence-corrected chi connectivity index (χ0v) is 10.8. The van der Waals surface area contributed by atoms with Crippen LogP contribution in [0.1, 0.15) is 46.0 Å². The van der Waals surface area contributed by atoms with Gasteiger partial charge in [-0.15, -0.1) is 11.6 Å². The van der Waals surface area contributed by atoms with Crippen LogP contribution in [-0.4, -0.2) is 29.8 Å². The van der Waals surface area contributed by atoms with Crippen LogP contribution in [0.5, 0.6) is 0 Å². The summed E-state index contributed by atoms with van der Waals surface area (Å²) in [4.78, 5) is 14.0. The third kappa shape index (κ3) is 3.37. The summed E-state index contributed by atoms with van der Waals surface area (Å²) in [6.07, 6.45) is 5.72. The van der Waals surface area contributed by atoms with Gasteiger partial charge in [-0.1, -0.05) is 26.2 Å². The second kappa shape index (κ2) is 5.20. The van der Waals surface area contributed by atoms with Crippen LogP contribution in [0, 0.1) is 5.41 Å². The van der Waals surface area contributed by atoms with E-state index < -0.39 is 0 Å². The van der Waals surface area contributed by atoms with Crippen LogP contribution in [0.25, 0.3) is 0 Å². The molecular weight excluding hydrogens is 210 g/mol. The van der Waals surface area contributed by atoms with Crippen LogP contribution < -0.4 is 0 Å². The molecule has 1 saturated carbocycles. The second-order valence-corrected chi connectivity index (χ2v) is 5.83. The third-order valence-corrected chi connectivity index (χ3v) is 3.48. The topological polar surface area (TPSA) is 20.3 Å². The van der Waals surface area contributed by atoms with Crippen LogP contribution in [-0.2, 0) is 4.79 Å². The normalized spacial score (nSPS) is 22.1. The number of carbonyl (C=O) groups is 1. The molecule has 1 rings (SSSR count). The van der Waals surface area contributed by atoms with Crippen LogP contribution in [0.4, 0.5) is 0 Å². The van der Waals surface area contributed by atoms with E-state index in [2.05, 4.69) is 6.92 Å². The standard InChI is InChI=1S/C12H22ClNO/c1-10(13)9-14(3)11(15)12(2)7-5-4-6-8-12/h10H,4-9H2,1-3H3. The number of nitrogens with zero attached hydrogens (tertiary/aromatic N) is 1. The number of carbonyl (C=O) groups excluding carboxylic acids is 1. The highest BCUT2D eigenvalue weighted by molar-refractivity contribution is 6.20. The molecule has 0 aromatic heterocycles. The molecule has 0 saturated heterocycles. The smallest absolute Gasteiger partial charge is 0.228 e. The van der Waals surface area contributed by atoms with Crippen molar-refractivity contribution in [2.75, 3.05) is 13.6 Å². The van der Waals surface area contributed by atoms with Crippen molar-refractivity contribution in [3.63, 3.8) is 0 Å². The van der Waals surface area contributed by atoms with Crippen molar-refractivity contribution < 1.29 is 4.79 Å². The molecule has 1 amide bonds. The Balaban J connectivity index is 2.57. The maximum Gasteiger partial charge on any atom is 0.228 e. The molecule has 88 valence electrons. The van der Waals surface area contributed by atoms with Gasteiger partial charge in [-0.05, 0) is 19.8 Å². The largest absolute Gasteiger partial charge is 0.344 e. The maximum absolute atomic E-state index is 12.2. The first-order valence-corrected chi connectivity index (χ1v) is 6.29. The van der Waals surface area contributed by atoms with Gasteiger partial charge in [-0.25, -0.2) is 0 Å². The molecular formula is C12H22ClNO. The summed E-state index contributed by atoms with van der Waals surface area (Å²) in [5.41, 5.74) is -0.126. The summed E-state index contributed by atoms with van der Waals surface area (Å²) in [7, 11) is 1.86. The lowest BCUT2D eigenvalue weighted by molar-refractivity contribution is -0.141. The number of hydrogen-bond acceptors (Lipinski definition) is 1. The van der Waals surface area contributed by atoms with Crippen LogP contribution in [0.15, 0.2) is 0 Å². The number of hydrogen-bond donors (Lipinski definition) is 0. The summed E-state index contributed by atoms with van der Waals surface area (Å²) in [5.74, 6) is 0.273. The van der Waals surface area contributed by atoms with Crippen molar-refractivity contribution in [3.05, 3.63) is 0 Å². The molecule has 0 aliphatic heterocycles. The Kier molecular flexibility index (Phi) is 4.45. The quantitative estimate of drug-likeness (QED) is 0.684. The summed E-state index contributed by atoms with van der Waals surface area (Å²) in [6.45, 7) is 4.68. The Morgan fingerprint density at radius 3 is 2.40 bits per heavy atom. The first-order chi connectivity index (χ1) is 6.96. The zero-order valence-electron chi connectivity index (χ0n) is 10.1. The second-order valence-electron chi connectivity index (χ2n) is 5.09. The van der Waals surface area contributed by atoms with Crippen LogP contribution in [0.2, 0.25) is 0 Å². The molecule has 0 spiro atoms. The van der Waals surface area contributed by atoms with Crippen molar-refractivity contribution in [2.24, 2.45) is 5.41 Å². The van der Waals surface area contributed by atoms with Crippen LogP contribution in [0.3, 0.4) is 0 Å². The lowest BCUT2D eigenvalue weighted by atomic mass is 9.75. The van der Waals surface area contributed by atoms with Gasteiger partial charge in [0, 0.05) is 24.4 Å². The first-order valence-electron chi connectivity index (χ1n) is 5.85. The summed E-state index contributed by atoms with van der Waals surface area (Å²) < 4.78 is 0. The number of alkyl halides is 1. The predicted octanol–water partition coefficient (Wildman–Crippen LogP) is 3.04. The van der Waals surface area contributed by atoms with Crippen molar-refractivity contribution in [2.45, 2.75) is 51.3 Å². The van der Waals surface area contributed by atoms with Gasteiger partial charge in [0.2, 0.25) is 5.91 Å². The maximum atomic E-state index is 12.2. The van der Waals surface area contributed by atoms with Gasteiger partial charge in [0.05, 0.1) is 0 Å². The lowest BCUT2D eigenvalue weighted by Gasteiger charge is -2.36. The third-order valence-electron chi connectivity index (χ3n) is 3.35. The molecule has 0 N–H and O–H groups in total. The molecule has 1 unspecified atom stereocenters. The fourth-order valence-electron chi connectivity index (χ4n) is 2.47. The van der Waals surface area contributed by atoms with Gasteiger partial charge in [0.25, 0.3) is 0 Å². The van der Waals surface area contributed by atoms with Crippen LogP contribution >= 0.6 is 11.6 Å². The molecule has 0 heterocycles. The van der Waals surface area contributed by atoms with Gasteiger partial charge in [0.1, 0.15) is 0 Å². The summed E-state index contributed by atoms with van der Waals surface area (Å²) in [5, 5.41) is 0.0335. The lowest BCUT2D eigenvalue weighted by Crippen LogP contribution is -2.43. The van der Waals surface area contributed by atoms with E-state index in [4.69, 9.17) is 11.6 Å². The number of rotatable bonds is 3. The zero-order chi connectivity index (χ0) is 11.5. The van der Waals surface area contributed by atoms with Gasteiger partial charge < -0.3 is 4.90 Å². The van der Waals surface area contributed by atoms with E-state index in [1.807, 2.05) is 14.0 Å². The highest BCUT2D eigenvalue weighted by Crippen LogP contribution is 2.37. The predicted molar refractivity (Wildman–Crippen MR) is 64.1 cm³/mol. The Labute approximate surface area is 98.0 Å². The minimum absolute atomic E-state index is 0.0335. The fraction of sp³-hybridized carbons (Fsp3) is 0.917. The van der Waals surface area contributed by atoms with Gasteiger partial charge >= 0.3 is 0 Å². The average Bonchev–Trinajstić information content (AvgIpc) is 2.16. The van der Waals surface area contributed by atoms with Crippen molar-refractivity contribution in [1.29, 1.82) is 0 Å². The van der Waals surface area contributed by atoms with Gasteiger partial charge in [-0.3, -0.25) is 4.79 Å². The Bertz CT molecular complexity index is 222. The average molecular weight is 232 g/mol. The van der Waals surface area contributed by atoms with E-state index in [-0.39, 0.29) is 16.7 Å². The van der Waals surface area contributed by atoms with Crippen molar-refractivity contribution in [3.8, 4) is 0 Å². The molecule has 2 nitrogen and oxygen atoms in total. The van der Waals surface area contributed by atoms with E-state index >= 15 is 0 Å². The number of amides is 1. The van der Waals surface area contributed by atoms with E-state index in [0.29, 0.717) is 6.54 Å². The molecule has 0 radical (unpaired) electrons. The molecule has 1 fully saturated rings. The van der Waals surface area contributed by atoms with E-state index in [1.54, 1.807) is 4.90 Å². The molecule has 15 heavy (non-hydrogen) atoms. The van der Waals surface area contributed by atoms with E-state index in [1.165, 1.54) is 19.3 Å². The molecule has 0 aromatic carbocycles. The van der Waals surface area contributed by atoms with Crippen molar-refractivity contribution in [1.82, 2.24) is 4.90 Å². The highest BCUT2D eigenvalue weighted by Gasteiger charge is 2.36. The Morgan fingerprint density at radius 1 is 1.40 bits per heavy atom. The Morgan fingerprint density at radius 2 is 1.93 bits per heavy atom. The molecule has 0 aromatic rings. The van der Waals surface area contributed by atoms with E-state index in [9.17, 15) is 4.79 Å². The minimum Gasteiger partial charge on any atom is -0.344 e. The van der Waals surface area contributed by atoms with Crippen molar-refractivity contribution >= 4 is 17.5 Å². The minimum atomic E-state index is -0.126. The highest BCUT2D eigenvalue weighted by atomic mass is 35.5.